The van der Waals surface area contributed by atoms with Crippen LogP contribution in [-0.2, 0) is 6.61 Å². The van der Waals surface area contributed by atoms with Crippen LogP contribution in [0.2, 0.25) is 0 Å². The predicted octanol–water partition coefficient (Wildman–Crippen LogP) is 9.72. The van der Waals surface area contributed by atoms with Crippen molar-refractivity contribution in [1.82, 2.24) is 29.7 Å². The van der Waals surface area contributed by atoms with Crippen LogP contribution in [0.4, 0.5) is 0 Å². The van der Waals surface area contributed by atoms with Gasteiger partial charge in [-0.1, -0.05) is 97.1 Å². The third kappa shape index (κ3) is 6.11. The number of aryl methyl sites for hydroxylation is 1. The molecular formula is C40H30N6O2S2. The first-order valence-electron chi connectivity index (χ1n) is 16.0. The first-order chi connectivity index (χ1) is 24.7. The molecule has 0 aliphatic heterocycles. The van der Waals surface area contributed by atoms with Gasteiger partial charge in [-0.15, -0.1) is 21.5 Å². The van der Waals surface area contributed by atoms with Gasteiger partial charge in [0.2, 0.25) is 5.16 Å². The topological polar surface area (TPSA) is 87.8 Å². The zero-order valence-corrected chi connectivity index (χ0v) is 28.9. The first-order valence-corrected chi connectivity index (χ1v) is 17.6. The van der Waals surface area contributed by atoms with Crippen molar-refractivity contribution in [3.05, 3.63) is 144 Å². The molecule has 0 saturated carbocycles. The zero-order chi connectivity index (χ0) is 33.9. The third-order valence-corrected chi connectivity index (χ3v) is 10.1. The van der Waals surface area contributed by atoms with Crippen LogP contribution >= 0.6 is 23.1 Å². The molecule has 0 N–H and O–H groups in total. The summed E-state index contributed by atoms with van der Waals surface area (Å²) in [5.41, 5.74) is 5.76. The van der Waals surface area contributed by atoms with Crippen LogP contribution in [-0.4, -0.2) is 36.8 Å². The molecule has 10 heteroatoms. The summed E-state index contributed by atoms with van der Waals surface area (Å²) in [7, 11) is 1.66. The molecule has 244 valence electrons. The quantitative estimate of drug-likeness (QED) is 0.131. The Balaban J connectivity index is 1.26. The van der Waals surface area contributed by atoms with Crippen molar-refractivity contribution in [3.63, 3.8) is 0 Å². The van der Waals surface area contributed by atoms with Gasteiger partial charge in [-0.25, -0.2) is 9.97 Å². The van der Waals surface area contributed by atoms with Gasteiger partial charge in [0.05, 0.1) is 18.2 Å². The summed E-state index contributed by atoms with van der Waals surface area (Å²) in [6.07, 6.45) is 1.76. The molecular weight excluding hydrogens is 661 g/mol. The molecule has 0 radical (unpaired) electrons. The van der Waals surface area contributed by atoms with Gasteiger partial charge in [0.15, 0.2) is 11.6 Å². The molecule has 4 aromatic carbocycles. The molecule has 50 heavy (non-hydrogen) atoms. The highest BCUT2D eigenvalue weighted by Crippen LogP contribution is 2.44. The van der Waals surface area contributed by atoms with E-state index in [1.165, 1.54) is 11.8 Å². The van der Waals surface area contributed by atoms with Gasteiger partial charge in [0.25, 0.3) is 0 Å². The fraction of sp³-hybridized carbons (Fsp3) is 0.0750. The number of benzene rings is 4. The highest BCUT2D eigenvalue weighted by molar-refractivity contribution is 7.99. The van der Waals surface area contributed by atoms with Gasteiger partial charge in [-0.2, -0.15) is 0 Å². The van der Waals surface area contributed by atoms with Gasteiger partial charge in [0, 0.05) is 22.2 Å². The molecule has 0 bridgehead atoms. The van der Waals surface area contributed by atoms with Crippen molar-refractivity contribution >= 4 is 33.3 Å². The monoisotopic (exact) mass is 690 g/mol. The lowest BCUT2D eigenvalue weighted by molar-refractivity contribution is 0.293. The molecule has 0 amide bonds. The van der Waals surface area contributed by atoms with Gasteiger partial charge in [-0.3, -0.25) is 9.55 Å². The number of fused-ring (bicyclic) bond motifs is 1. The van der Waals surface area contributed by atoms with Crippen LogP contribution in [0.3, 0.4) is 0 Å². The number of hydrogen-bond donors (Lipinski definition) is 0. The number of ether oxygens (including phenoxy) is 2. The average molecular weight is 691 g/mol. The second-order valence-corrected chi connectivity index (χ2v) is 13.5. The minimum absolute atomic E-state index is 0.167. The summed E-state index contributed by atoms with van der Waals surface area (Å²) in [6.45, 7) is 2.30. The van der Waals surface area contributed by atoms with E-state index in [9.17, 15) is 0 Å². The van der Waals surface area contributed by atoms with Gasteiger partial charge >= 0.3 is 0 Å². The van der Waals surface area contributed by atoms with E-state index >= 15 is 0 Å². The highest BCUT2D eigenvalue weighted by atomic mass is 32.2. The maximum Gasteiger partial charge on any atom is 0.202 e. The third-order valence-electron chi connectivity index (χ3n) is 8.19. The van der Waals surface area contributed by atoms with Gasteiger partial charge in [0.1, 0.15) is 33.7 Å². The van der Waals surface area contributed by atoms with Crippen molar-refractivity contribution in [2.24, 2.45) is 0 Å². The fourth-order valence-electron chi connectivity index (χ4n) is 5.91. The van der Waals surface area contributed by atoms with Crippen molar-refractivity contribution in [2.45, 2.75) is 23.7 Å². The maximum atomic E-state index is 6.50. The smallest absolute Gasteiger partial charge is 0.202 e. The van der Waals surface area contributed by atoms with Gasteiger partial charge in [-0.05, 0) is 60.1 Å². The molecule has 0 aliphatic carbocycles. The van der Waals surface area contributed by atoms with Crippen molar-refractivity contribution in [1.29, 1.82) is 0 Å². The van der Waals surface area contributed by atoms with Crippen LogP contribution in [0, 0.1) is 6.92 Å². The molecule has 0 unspecified atom stereocenters. The molecule has 0 saturated heterocycles. The van der Waals surface area contributed by atoms with E-state index in [1.54, 1.807) is 24.6 Å². The minimum atomic E-state index is 0.167. The Hall–Kier alpha value is -5.84. The van der Waals surface area contributed by atoms with Crippen LogP contribution < -0.4 is 9.47 Å². The lowest BCUT2D eigenvalue weighted by Crippen LogP contribution is -2.08. The van der Waals surface area contributed by atoms with E-state index in [-0.39, 0.29) is 6.61 Å². The SMILES string of the molecule is COc1ccccc1-n1c(COc2ccccc2-c2ccccc2)nnc1Sc1nc(-c2ccccn2)nc2sc(C)c(-c3ccccc3)c12. The molecule has 4 aromatic heterocycles. The Morgan fingerprint density at radius 3 is 2.18 bits per heavy atom. The summed E-state index contributed by atoms with van der Waals surface area (Å²) < 4.78 is 14.3. The number of thiophene rings is 1. The Morgan fingerprint density at radius 1 is 0.720 bits per heavy atom. The summed E-state index contributed by atoms with van der Waals surface area (Å²) in [5, 5.41) is 11.8. The van der Waals surface area contributed by atoms with Crippen molar-refractivity contribution in [3.8, 4) is 51.0 Å². The number of methoxy groups -OCH3 is 1. The molecule has 4 heterocycles. The van der Waals surface area contributed by atoms with E-state index in [1.807, 2.05) is 89.5 Å². The Kier molecular flexibility index (Phi) is 8.77. The number of nitrogens with zero attached hydrogens (tertiary/aromatic N) is 6. The van der Waals surface area contributed by atoms with Crippen LogP contribution in [0.25, 0.3) is 49.7 Å². The molecule has 8 nitrogen and oxygen atoms in total. The lowest BCUT2D eigenvalue weighted by Gasteiger charge is -2.15. The van der Waals surface area contributed by atoms with Crippen molar-refractivity contribution < 1.29 is 9.47 Å². The summed E-state index contributed by atoms with van der Waals surface area (Å²) in [6, 6.07) is 42.2. The molecule has 8 rings (SSSR count). The molecule has 0 atom stereocenters. The van der Waals surface area contributed by atoms with E-state index < -0.39 is 0 Å². The molecule has 0 aliphatic rings. The summed E-state index contributed by atoms with van der Waals surface area (Å²) in [5.74, 6) is 2.59. The molecule has 8 aromatic rings. The first kappa shape index (κ1) is 31.4. The van der Waals surface area contributed by atoms with E-state index in [2.05, 4.69) is 59.5 Å². The molecule has 0 fully saturated rings. The second-order valence-electron chi connectivity index (χ2n) is 11.3. The summed E-state index contributed by atoms with van der Waals surface area (Å²) >= 11 is 3.09. The molecule has 0 spiro atoms. The van der Waals surface area contributed by atoms with Crippen LogP contribution in [0.1, 0.15) is 10.7 Å². The van der Waals surface area contributed by atoms with E-state index in [0.717, 1.165) is 53.8 Å². The Bertz CT molecular complexity index is 2410. The number of aromatic nitrogens is 6. The fourth-order valence-corrected chi connectivity index (χ4v) is 8.00. The number of pyridine rings is 1. The predicted molar refractivity (Wildman–Crippen MR) is 199 cm³/mol. The average Bonchev–Trinajstić information content (AvgIpc) is 3.74. The Labute approximate surface area is 297 Å². The maximum absolute atomic E-state index is 6.50. The van der Waals surface area contributed by atoms with Gasteiger partial charge < -0.3 is 9.47 Å². The highest BCUT2D eigenvalue weighted by Gasteiger charge is 2.25. The van der Waals surface area contributed by atoms with E-state index in [0.29, 0.717) is 28.2 Å². The largest absolute Gasteiger partial charge is 0.495 e. The normalized spacial score (nSPS) is 11.2. The lowest BCUT2D eigenvalue weighted by atomic mass is 10.0. The van der Waals surface area contributed by atoms with Crippen LogP contribution in [0.15, 0.2) is 144 Å². The number of rotatable bonds is 10. The zero-order valence-electron chi connectivity index (χ0n) is 27.2. The standard InChI is InChI=1S/C40H30N6O2S2/c1-26-35(28-17-7-4-8-18-28)36-38(49-26)42-37(30-20-13-14-24-41-30)43-39(36)50-40-45-44-34(46(40)31-21-10-12-23-33(31)47-2)25-48-32-22-11-9-19-29(32)27-15-5-3-6-16-27/h3-24H,25H2,1-2H3. The minimum Gasteiger partial charge on any atom is -0.495 e. The summed E-state index contributed by atoms with van der Waals surface area (Å²) in [4.78, 5) is 16.8. The Morgan fingerprint density at radius 2 is 1.42 bits per heavy atom. The van der Waals surface area contributed by atoms with Crippen LogP contribution in [0.5, 0.6) is 11.5 Å². The van der Waals surface area contributed by atoms with Crippen molar-refractivity contribution in [2.75, 3.05) is 7.11 Å². The number of hydrogen-bond acceptors (Lipinski definition) is 9. The number of para-hydroxylation sites is 3. The second kappa shape index (κ2) is 13.9. The van der Waals surface area contributed by atoms with E-state index in [4.69, 9.17) is 24.5 Å².